The van der Waals surface area contributed by atoms with Gasteiger partial charge in [-0.3, -0.25) is 9.78 Å². The first-order valence-corrected chi connectivity index (χ1v) is 15.0. The molecule has 2 unspecified atom stereocenters. The number of carbonyl (C=O) groups excluding carboxylic acids is 1. The number of hydrogen-bond donors (Lipinski definition) is 7. The number of fused-ring (bicyclic) bond motifs is 1. The third-order valence-electron chi connectivity index (χ3n) is 6.54. The molecule has 0 spiro atoms. The van der Waals surface area contributed by atoms with Gasteiger partial charge in [-0.05, 0) is 44.0 Å². The Kier molecular flexibility index (Phi) is 17.3. The van der Waals surface area contributed by atoms with Gasteiger partial charge < -0.3 is 37.4 Å². The molecule has 1 aliphatic carbocycles. The number of aliphatic carboxylic acids is 3. The van der Waals surface area contributed by atoms with Crippen LogP contribution in [0.15, 0.2) is 47.6 Å². The molecule has 1 aliphatic rings. The Labute approximate surface area is 298 Å². The van der Waals surface area contributed by atoms with Crippen molar-refractivity contribution in [3.8, 4) is 0 Å². The summed E-state index contributed by atoms with van der Waals surface area (Å²) in [5, 5.41) is 28.7. The largest absolute Gasteiger partial charge is 0.490 e. The molecule has 4 rings (SSSR count). The molecule has 0 saturated heterocycles. The SMILES string of the molecule is Cc1ccc2nc(C(=O)NCCc3ccccn3)nc(NC3CCCCC3N=C(N)N)c2c1.O=C(O)C(F)(F)F.O=C(O)C(F)(F)F.O=C(O)C(F)(F)F. The minimum absolute atomic E-state index is 0.0273. The van der Waals surface area contributed by atoms with Gasteiger partial charge in [-0.2, -0.15) is 39.5 Å². The number of guanidine groups is 1. The van der Waals surface area contributed by atoms with Gasteiger partial charge in [0, 0.05) is 30.2 Å². The van der Waals surface area contributed by atoms with Crippen molar-refractivity contribution in [1.29, 1.82) is 0 Å². The molecule has 2 aromatic heterocycles. The number of nitrogens with one attached hydrogen (secondary N) is 2. The predicted molar refractivity (Wildman–Crippen MR) is 171 cm³/mol. The summed E-state index contributed by atoms with van der Waals surface area (Å²) in [6, 6.07) is 11.6. The van der Waals surface area contributed by atoms with E-state index in [2.05, 4.69) is 30.6 Å². The molecule has 0 bridgehead atoms. The fourth-order valence-electron chi connectivity index (χ4n) is 4.18. The van der Waals surface area contributed by atoms with Gasteiger partial charge >= 0.3 is 36.4 Å². The number of pyridine rings is 1. The van der Waals surface area contributed by atoms with Gasteiger partial charge in [0.2, 0.25) is 5.82 Å². The van der Waals surface area contributed by atoms with E-state index in [1.165, 1.54) is 0 Å². The lowest BCUT2D eigenvalue weighted by Gasteiger charge is -2.30. The fraction of sp³-hybridized carbons (Fsp3) is 0.400. The van der Waals surface area contributed by atoms with Crippen molar-refractivity contribution in [1.82, 2.24) is 20.3 Å². The minimum Gasteiger partial charge on any atom is -0.475 e. The molecular weight excluding hydrogens is 755 g/mol. The number of nitrogens with zero attached hydrogens (tertiary/aromatic N) is 4. The molecule has 1 saturated carbocycles. The van der Waals surface area contributed by atoms with Crippen molar-refractivity contribution < 1.29 is 74.0 Å². The highest BCUT2D eigenvalue weighted by Crippen LogP contribution is 2.28. The van der Waals surface area contributed by atoms with Crippen LogP contribution in [0, 0.1) is 6.92 Å². The van der Waals surface area contributed by atoms with Crippen LogP contribution in [0.2, 0.25) is 0 Å². The molecule has 15 nitrogen and oxygen atoms in total. The summed E-state index contributed by atoms with van der Waals surface area (Å²) in [6.45, 7) is 2.47. The van der Waals surface area contributed by atoms with Crippen LogP contribution in [-0.4, -0.2) is 97.2 Å². The Hall–Kier alpha value is -5.97. The number of anilines is 1. The van der Waals surface area contributed by atoms with Gasteiger partial charge in [0.25, 0.3) is 5.91 Å². The monoisotopic (exact) mass is 788 g/mol. The first kappa shape index (κ1) is 46.1. The number of nitrogens with two attached hydrogens (primary N) is 2. The van der Waals surface area contributed by atoms with E-state index in [-0.39, 0.29) is 29.8 Å². The quantitative estimate of drug-likeness (QED) is 0.101. The topological polar surface area (TPSA) is 256 Å². The standard InChI is InChI=1S/C24H30N8O.3C2HF3O2/c1-15-9-10-18-17(14-15)21(30-19-7-2-3-8-20(19)31-24(25)26)32-22(29-18)23(33)28-13-11-16-6-4-5-12-27-16;3*3-2(4,5)1(6)7/h4-6,9-10,12,14,19-20H,2-3,7-8,11,13H2,1H3,(H,28,33)(H4,25,26,31)(H,29,30,32);3*(H,6,7). The Morgan fingerprint density at radius 2 is 1.37 bits per heavy atom. The van der Waals surface area contributed by atoms with Crippen molar-refractivity contribution in [2.45, 2.75) is 69.6 Å². The molecule has 298 valence electrons. The number of amides is 1. The Bertz CT molecular complexity index is 1700. The molecular formula is C30H33F9N8O7. The maximum absolute atomic E-state index is 12.9. The van der Waals surface area contributed by atoms with Gasteiger partial charge in [0.15, 0.2) is 5.96 Å². The number of alkyl halides is 9. The highest BCUT2D eigenvalue weighted by Gasteiger charge is 2.39. The van der Waals surface area contributed by atoms with E-state index in [0.717, 1.165) is 42.3 Å². The number of aryl methyl sites for hydroxylation is 1. The summed E-state index contributed by atoms with van der Waals surface area (Å²) in [5.74, 6) is -7.75. The van der Waals surface area contributed by atoms with Gasteiger partial charge in [0.1, 0.15) is 5.82 Å². The summed E-state index contributed by atoms with van der Waals surface area (Å²) in [4.78, 5) is 57.4. The van der Waals surface area contributed by atoms with Gasteiger partial charge in [-0.25, -0.2) is 29.3 Å². The molecule has 0 aliphatic heterocycles. The number of rotatable bonds is 7. The Morgan fingerprint density at radius 3 is 1.85 bits per heavy atom. The van der Waals surface area contributed by atoms with E-state index in [1.807, 2.05) is 43.3 Å². The van der Waals surface area contributed by atoms with Crippen LogP contribution in [0.4, 0.5) is 45.3 Å². The second-order valence-electron chi connectivity index (χ2n) is 10.8. The number of aliphatic imine (C=N–C) groups is 1. The summed E-state index contributed by atoms with van der Waals surface area (Å²) >= 11 is 0. The summed E-state index contributed by atoms with van der Waals surface area (Å²) in [6.07, 6.45) is -8.90. The average molecular weight is 789 g/mol. The van der Waals surface area contributed by atoms with E-state index in [9.17, 15) is 44.3 Å². The lowest BCUT2D eigenvalue weighted by Crippen LogP contribution is -2.38. The van der Waals surface area contributed by atoms with Crippen molar-refractivity contribution in [3.05, 3.63) is 59.7 Å². The predicted octanol–water partition coefficient (Wildman–Crippen LogP) is 4.20. The second kappa shape index (κ2) is 20.3. The van der Waals surface area contributed by atoms with Crippen LogP contribution >= 0.6 is 0 Å². The molecule has 1 fully saturated rings. The van der Waals surface area contributed by atoms with Crippen molar-refractivity contribution in [2.75, 3.05) is 11.9 Å². The summed E-state index contributed by atoms with van der Waals surface area (Å²) < 4.78 is 95.2. The van der Waals surface area contributed by atoms with Gasteiger partial charge in [-0.15, -0.1) is 0 Å². The smallest absolute Gasteiger partial charge is 0.475 e. The normalized spacial score (nSPS) is 15.4. The lowest BCUT2D eigenvalue weighted by molar-refractivity contribution is -0.193. The number of carboxylic acids is 3. The number of carbonyl (C=O) groups is 4. The molecule has 3 aromatic rings. The van der Waals surface area contributed by atoms with E-state index < -0.39 is 36.4 Å². The van der Waals surface area contributed by atoms with Gasteiger partial charge in [0.05, 0.1) is 17.6 Å². The first-order valence-electron chi connectivity index (χ1n) is 15.0. The highest BCUT2D eigenvalue weighted by atomic mass is 19.4. The third-order valence-corrected chi connectivity index (χ3v) is 6.54. The summed E-state index contributed by atoms with van der Waals surface area (Å²) in [5.41, 5.74) is 14.0. The molecule has 1 aromatic carbocycles. The zero-order chi connectivity index (χ0) is 41.4. The van der Waals surface area contributed by atoms with Crippen molar-refractivity contribution in [3.63, 3.8) is 0 Å². The van der Waals surface area contributed by atoms with E-state index in [1.54, 1.807) is 6.20 Å². The van der Waals surface area contributed by atoms with Crippen LogP contribution in [0.3, 0.4) is 0 Å². The number of halogens is 9. The molecule has 0 radical (unpaired) electrons. The van der Waals surface area contributed by atoms with Crippen molar-refractivity contribution in [2.24, 2.45) is 16.5 Å². The van der Waals surface area contributed by atoms with Crippen LogP contribution in [0.1, 0.15) is 47.6 Å². The molecule has 9 N–H and O–H groups in total. The molecule has 54 heavy (non-hydrogen) atoms. The minimum atomic E-state index is -5.08. The molecule has 2 heterocycles. The maximum Gasteiger partial charge on any atom is 0.490 e. The van der Waals surface area contributed by atoms with E-state index in [4.69, 9.17) is 41.2 Å². The maximum atomic E-state index is 12.9. The molecule has 24 heteroatoms. The highest BCUT2D eigenvalue weighted by molar-refractivity contribution is 5.96. The van der Waals surface area contributed by atoms with Crippen LogP contribution < -0.4 is 22.1 Å². The Morgan fingerprint density at radius 1 is 0.833 bits per heavy atom. The Balaban J connectivity index is 0.000000566. The fourth-order valence-corrected chi connectivity index (χ4v) is 4.18. The number of aromatic nitrogens is 3. The summed E-state index contributed by atoms with van der Waals surface area (Å²) in [7, 11) is 0. The number of hydrogen-bond acceptors (Lipinski definition) is 9. The van der Waals surface area contributed by atoms with Crippen LogP contribution in [0.5, 0.6) is 0 Å². The van der Waals surface area contributed by atoms with Crippen molar-refractivity contribution >= 4 is 46.5 Å². The number of carboxylic acid groups (broad SMARTS) is 3. The molecule has 2 atom stereocenters. The van der Waals surface area contributed by atoms with Crippen LogP contribution in [-0.2, 0) is 20.8 Å². The lowest BCUT2D eigenvalue weighted by atomic mass is 9.90. The van der Waals surface area contributed by atoms with Gasteiger partial charge in [-0.1, -0.05) is 30.5 Å². The van der Waals surface area contributed by atoms with E-state index in [0.29, 0.717) is 24.3 Å². The third kappa shape index (κ3) is 17.0. The molecule has 1 amide bonds. The number of benzene rings is 1. The van der Waals surface area contributed by atoms with E-state index >= 15 is 0 Å². The first-order chi connectivity index (χ1) is 24.8. The second-order valence-corrected chi connectivity index (χ2v) is 10.8. The average Bonchev–Trinajstić information content (AvgIpc) is 3.05. The zero-order valence-electron chi connectivity index (χ0n) is 27.8. The van der Waals surface area contributed by atoms with Crippen LogP contribution in [0.25, 0.3) is 10.9 Å². The zero-order valence-corrected chi connectivity index (χ0v) is 27.8.